The largest absolute Gasteiger partial charge is 0.324 e. The van der Waals surface area contributed by atoms with Gasteiger partial charge in [0, 0.05) is 5.56 Å². The first kappa shape index (κ1) is 15.2. The SMILES string of the molecule is Cc1ccc(S(N)(=O)=O)cc1C(=O)Nc1nc2ccccc2[nH]1. The van der Waals surface area contributed by atoms with Crippen molar-refractivity contribution in [2.45, 2.75) is 11.8 Å². The zero-order valence-corrected chi connectivity index (χ0v) is 13.0. The van der Waals surface area contributed by atoms with E-state index < -0.39 is 15.9 Å². The number of imidazole rings is 1. The molecule has 4 N–H and O–H groups in total. The maximum atomic E-state index is 12.4. The van der Waals surface area contributed by atoms with Crippen molar-refractivity contribution in [2.24, 2.45) is 5.14 Å². The molecular formula is C15H14N4O3S. The minimum Gasteiger partial charge on any atom is -0.324 e. The van der Waals surface area contributed by atoms with E-state index in [9.17, 15) is 13.2 Å². The highest BCUT2D eigenvalue weighted by molar-refractivity contribution is 7.89. The first-order valence-corrected chi connectivity index (χ1v) is 8.29. The van der Waals surface area contributed by atoms with Gasteiger partial charge in [-0.3, -0.25) is 10.1 Å². The molecule has 0 saturated heterocycles. The topological polar surface area (TPSA) is 118 Å². The predicted octanol–water partition coefficient (Wildman–Crippen LogP) is 1.77. The van der Waals surface area contributed by atoms with Crippen molar-refractivity contribution in [1.82, 2.24) is 9.97 Å². The van der Waals surface area contributed by atoms with Crippen LogP contribution in [0.25, 0.3) is 11.0 Å². The van der Waals surface area contributed by atoms with Crippen molar-refractivity contribution in [3.8, 4) is 0 Å². The number of amides is 1. The Morgan fingerprint density at radius 2 is 1.96 bits per heavy atom. The lowest BCUT2D eigenvalue weighted by molar-refractivity contribution is 0.102. The van der Waals surface area contributed by atoms with E-state index in [1.54, 1.807) is 6.92 Å². The van der Waals surface area contributed by atoms with Gasteiger partial charge < -0.3 is 4.98 Å². The summed E-state index contributed by atoms with van der Waals surface area (Å²) in [7, 11) is -3.87. The molecule has 0 radical (unpaired) electrons. The molecule has 0 bridgehead atoms. The van der Waals surface area contributed by atoms with E-state index in [2.05, 4.69) is 15.3 Å². The third kappa shape index (κ3) is 3.08. The molecule has 0 fully saturated rings. The van der Waals surface area contributed by atoms with E-state index in [4.69, 9.17) is 5.14 Å². The van der Waals surface area contributed by atoms with Crippen molar-refractivity contribution in [1.29, 1.82) is 0 Å². The van der Waals surface area contributed by atoms with Gasteiger partial charge in [0.25, 0.3) is 5.91 Å². The molecule has 0 unspecified atom stereocenters. The molecule has 0 aliphatic heterocycles. The number of nitrogens with zero attached hydrogens (tertiary/aromatic N) is 1. The minimum atomic E-state index is -3.87. The van der Waals surface area contributed by atoms with Crippen LogP contribution < -0.4 is 10.5 Å². The first-order chi connectivity index (χ1) is 10.8. The maximum Gasteiger partial charge on any atom is 0.258 e. The van der Waals surface area contributed by atoms with Crippen LogP contribution in [0.15, 0.2) is 47.4 Å². The number of hydrogen-bond donors (Lipinski definition) is 3. The summed E-state index contributed by atoms with van der Waals surface area (Å²) < 4.78 is 22.8. The summed E-state index contributed by atoms with van der Waals surface area (Å²) in [5.41, 5.74) is 2.36. The summed E-state index contributed by atoms with van der Waals surface area (Å²) in [6, 6.07) is 11.5. The molecule has 0 atom stereocenters. The average Bonchev–Trinajstić information content (AvgIpc) is 2.88. The quantitative estimate of drug-likeness (QED) is 0.678. The summed E-state index contributed by atoms with van der Waals surface area (Å²) in [6.07, 6.45) is 0. The van der Waals surface area contributed by atoms with Crippen LogP contribution in [-0.4, -0.2) is 24.3 Å². The van der Waals surface area contributed by atoms with E-state index in [1.165, 1.54) is 18.2 Å². The summed E-state index contributed by atoms with van der Waals surface area (Å²) >= 11 is 0. The Labute approximate surface area is 132 Å². The summed E-state index contributed by atoms with van der Waals surface area (Å²) in [4.78, 5) is 19.5. The maximum absolute atomic E-state index is 12.4. The number of rotatable bonds is 3. The van der Waals surface area contributed by atoms with E-state index in [0.29, 0.717) is 5.56 Å². The fraction of sp³-hybridized carbons (Fsp3) is 0.0667. The fourth-order valence-corrected chi connectivity index (χ4v) is 2.75. The van der Waals surface area contributed by atoms with Gasteiger partial charge in [0.15, 0.2) is 0 Å². The lowest BCUT2D eigenvalue weighted by Crippen LogP contribution is -2.17. The number of aromatic amines is 1. The number of benzene rings is 2. The van der Waals surface area contributed by atoms with Crippen molar-refractivity contribution in [2.75, 3.05) is 5.32 Å². The Hall–Kier alpha value is -2.71. The number of sulfonamides is 1. The number of nitrogens with one attached hydrogen (secondary N) is 2. The van der Waals surface area contributed by atoms with Crippen LogP contribution in [0.5, 0.6) is 0 Å². The van der Waals surface area contributed by atoms with Crippen molar-refractivity contribution >= 4 is 32.9 Å². The third-order valence-corrected chi connectivity index (χ3v) is 4.31. The van der Waals surface area contributed by atoms with Crippen LogP contribution in [0.2, 0.25) is 0 Å². The monoisotopic (exact) mass is 330 g/mol. The van der Waals surface area contributed by atoms with Gasteiger partial charge in [0.05, 0.1) is 15.9 Å². The molecule has 8 heteroatoms. The Morgan fingerprint density at radius 1 is 1.22 bits per heavy atom. The fourth-order valence-electron chi connectivity index (χ4n) is 2.21. The Balaban J connectivity index is 1.94. The molecule has 0 spiro atoms. The standard InChI is InChI=1S/C15H14N4O3S/c1-9-6-7-10(23(16,21)22)8-11(9)14(20)19-15-17-12-4-2-3-5-13(12)18-15/h2-8H,1H3,(H2,16,21,22)(H2,17,18,19,20). The van der Waals surface area contributed by atoms with Gasteiger partial charge in [-0.25, -0.2) is 18.5 Å². The lowest BCUT2D eigenvalue weighted by Gasteiger charge is -2.07. The number of anilines is 1. The number of aryl methyl sites for hydroxylation is 1. The van der Waals surface area contributed by atoms with Crippen LogP contribution in [0.1, 0.15) is 15.9 Å². The van der Waals surface area contributed by atoms with Crippen molar-refractivity contribution in [3.05, 3.63) is 53.6 Å². The van der Waals surface area contributed by atoms with Gasteiger partial charge >= 0.3 is 0 Å². The molecule has 0 aliphatic carbocycles. The molecule has 0 aliphatic rings. The third-order valence-electron chi connectivity index (χ3n) is 3.40. The Bertz CT molecular complexity index is 975. The van der Waals surface area contributed by atoms with Gasteiger partial charge in [0.1, 0.15) is 0 Å². The van der Waals surface area contributed by atoms with Gasteiger partial charge in [-0.2, -0.15) is 0 Å². The minimum absolute atomic E-state index is 0.113. The molecule has 0 saturated carbocycles. The van der Waals surface area contributed by atoms with Gasteiger partial charge in [-0.1, -0.05) is 18.2 Å². The normalized spacial score (nSPS) is 11.6. The lowest BCUT2D eigenvalue weighted by atomic mass is 10.1. The van der Waals surface area contributed by atoms with E-state index in [1.807, 2.05) is 24.3 Å². The molecule has 118 valence electrons. The van der Waals surface area contributed by atoms with Crippen molar-refractivity contribution in [3.63, 3.8) is 0 Å². The van der Waals surface area contributed by atoms with E-state index in [-0.39, 0.29) is 16.4 Å². The number of nitrogens with two attached hydrogens (primary N) is 1. The highest BCUT2D eigenvalue weighted by Crippen LogP contribution is 2.17. The summed E-state index contributed by atoms with van der Waals surface area (Å²) in [5.74, 6) is -0.177. The van der Waals surface area contributed by atoms with Crippen LogP contribution >= 0.6 is 0 Å². The molecule has 7 nitrogen and oxygen atoms in total. The second kappa shape index (κ2) is 5.49. The number of para-hydroxylation sites is 2. The average molecular weight is 330 g/mol. The predicted molar refractivity (Wildman–Crippen MR) is 86.6 cm³/mol. The number of fused-ring (bicyclic) bond motifs is 1. The van der Waals surface area contributed by atoms with Crippen molar-refractivity contribution < 1.29 is 13.2 Å². The molecular weight excluding hydrogens is 316 g/mol. The van der Waals surface area contributed by atoms with Gasteiger partial charge in [-0.15, -0.1) is 0 Å². The zero-order valence-electron chi connectivity index (χ0n) is 12.2. The molecule has 3 aromatic rings. The zero-order chi connectivity index (χ0) is 16.6. The van der Waals surface area contributed by atoms with Gasteiger partial charge in [-0.05, 0) is 36.8 Å². The van der Waals surface area contributed by atoms with Gasteiger partial charge in [0.2, 0.25) is 16.0 Å². The van der Waals surface area contributed by atoms with Crippen LogP contribution in [-0.2, 0) is 10.0 Å². The molecule has 2 aromatic carbocycles. The summed E-state index contributed by atoms with van der Waals surface area (Å²) in [5, 5.41) is 7.73. The molecule has 1 aromatic heterocycles. The molecule has 3 rings (SSSR count). The van der Waals surface area contributed by atoms with Crippen LogP contribution in [0.3, 0.4) is 0 Å². The van der Waals surface area contributed by atoms with E-state index >= 15 is 0 Å². The molecule has 23 heavy (non-hydrogen) atoms. The number of primary sulfonamides is 1. The number of carbonyl (C=O) groups excluding carboxylic acids is 1. The Morgan fingerprint density at radius 3 is 2.65 bits per heavy atom. The highest BCUT2D eigenvalue weighted by Gasteiger charge is 2.16. The summed E-state index contributed by atoms with van der Waals surface area (Å²) in [6.45, 7) is 1.71. The number of carbonyl (C=O) groups is 1. The molecule has 1 heterocycles. The first-order valence-electron chi connectivity index (χ1n) is 6.74. The molecule has 1 amide bonds. The second-order valence-corrected chi connectivity index (χ2v) is 6.64. The smallest absolute Gasteiger partial charge is 0.258 e. The Kier molecular flexibility index (Phi) is 3.63. The second-order valence-electron chi connectivity index (χ2n) is 5.08. The number of H-pyrrole nitrogens is 1. The number of aromatic nitrogens is 2. The number of hydrogen-bond acceptors (Lipinski definition) is 4. The highest BCUT2D eigenvalue weighted by atomic mass is 32.2. The van der Waals surface area contributed by atoms with E-state index in [0.717, 1.165) is 11.0 Å². The van der Waals surface area contributed by atoms with Crippen LogP contribution in [0, 0.1) is 6.92 Å². The van der Waals surface area contributed by atoms with Crippen LogP contribution in [0.4, 0.5) is 5.95 Å².